The lowest BCUT2D eigenvalue weighted by atomic mass is 10.0. The van der Waals surface area contributed by atoms with E-state index >= 15 is 0 Å². The highest BCUT2D eigenvalue weighted by molar-refractivity contribution is 5.85. The summed E-state index contributed by atoms with van der Waals surface area (Å²) < 4.78 is 4.49. The fourth-order valence-electron chi connectivity index (χ4n) is 1.55. The number of likely N-dealkylation sites (N-methyl/N-ethyl adjacent to an activating group) is 1. The molecular weight excluding hydrogens is 252 g/mol. The van der Waals surface area contributed by atoms with E-state index in [0.717, 1.165) is 0 Å². The largest absolute Gasteiger partial charge is 0.480 e. The topological polar surface area (TPSA) is 87.2 Å². The van der Waals surface area contributed by atoms with Crippen LogP contribution in [0.2, 0.25) is 0 Å². The van der Waals surface area contributed by atoms with Gasteiger partial charge in [0, 0.05) is 20.1 Å². The first kappa shape index (κ1) is 17.2. The number of hydrogen-bond acceptors (Lipinski definition) is 4. The van der Waals surface area contributed by atoms with Crippen LogP contribution in [0.4, 0.5) is 4.79 Å². The van der Waals surface area contributed by atoms with Gasteiger partial charge in [0.2, 0.25) is 0 Å². The third-order valence-electron chi connectivity index (χ3n) is 2.95. The second-order valence-corrected chi connectivity index (χ2v) is 4.64. The fraction of sp³-hybridized carbons (Fsp3) is 0.750. The molecule has 0 aliphatic rings. The highest BCUT2D eigenvalue weighted by atomic mass is 16.5. The molecule has 0 aromatic carbocycles. The number of rotatable bonds is 6. The Morgan fingerprint density at radius 3 is 2.16 bits per heavy atom. The molecule has 0 rings (SSSR count). The number of carbonyl (C=O) groups excluding carboxylic acids is 2. The minimum atomic E-state index is -1.30. The highest BCUT2D eigenvalue weighted by Crippen LogP contribution is 2.16. The Kier molecular flexibility index (Phi) is 6.31. The summed E-state index contributed by atoms with van der Waals surface area (Å²) in [6, 6.07) is -0.432. The van der Waals surface area contributed by atoms with Gasteiger partial charge >= 0.3 is 18.0 Å². The summed E-state index contributed by atoms with van der Waals surface area (Å²) in [6.45, 7) is 5.07. The quantitative estimate of drug-likeness (QED) is 0.723. The molecule has 0 aromatic rings. The van der Waals surface area contributed by atoms with E-state index in [1.807, 2.05) is 0 Å². The van der Waals surface area contributed by atoms with E-state index in [1.165, 1.54) is 37.8 Å². The Labute approximate surface area is 113 Å². The van der Waals surface area contributed by atoms with E-state index in [1.54, 1.807) is 6.92 Å². The molecule has 0 unspecified atom stereocenters. The molecular formula is C12H22N2O5. The standard InChI is InChI=1S/C12H22N2O5/c1-6-14(12(2,3)10(16)17)11(18)13(4)8-7-9(15)19-5/h6-8H2,1-5H3,(H,16,17). The van der Waals surface area contributed by atoms with Gasteiger partial charge in [-0.05, 0) is 20.8 Å². The maximum atomic E-state index is 12.2. The molecule has 0 spiro atoms. The molecule has 0 radical (unpaired) electrons. The Hall–Kier alpha value is -1.79. The molecule has 0 saturated heterocycles. The molecule has 7 nitrogen and oxygen atoms in total. The average molecular weight is 274 g/mol. The number of carboxylic acids is 1. The van der Waals surface area contributed by atoms with Gasteiger partial charge in [0.05, 0.1) is 13.5 Å². The van der Waals surface area contributed by atoms with Crippen LogP contribution in [0.25, 0.3) is 0 Å². The molecule has 0 heterocycles. The van der Waals surface area contributed by atoms with Gasteiger partial charge in [-0.25, -0.2) is 9.59 Å². The lowest BCUT2D eigenvalue weighted by Gasteiger charge is -2.36. The average Bonchev–Trinajstić information content (AvgIpc) is 2.35. The van der Waals surface area contributed by atoms with Gasteiger partial charge in [0.25, 0.3) is 0 Å². The molecule has 1 N–H and O–H groups in total. The molecule has 0 fully saturated rings. The zero-order valence-corrected chi connectivity index (χ0v) is 12.1. The van der Waals surface area contributed by atoms with Gasteiger partial charge in [-0.1, -0.05) is 0 Å². The van der Waals surface area contributed by atoms with Gasteiger partial charge < -0.3 is 19.6 Å². The first-order chi connectivity index (χ1) is 8.68. The van der Waals surface area contributed by atoms with Crippen LogP contribution >= 0.6 is 0 Å². The summed E-state index contributed by atoms with van der Waals surface area (Å²) >= 11 is 0. The molecule has 0 atom stereocenters. The van der Waals surface area contributed by atoms with Crippen molar-refractivity contribution in [3.8, 4) is 0 Å². The zero-order valence-electron chi connectivity index (χ0n) is 12.1. The third-order valence-corrected chi connectivity index (χ3v) is 2.95. The number of aliphatic carboxylic acids is 1. The summed E-state index contributed by atoms with van der Waals surface area (Å²) in [7, 11) is 2.79. The molecule has 110 valence electrons. The molecule has 19 heavy (non-hydrogen) atoms. The van der Waals surface area contributed by atoms with Crippen LogP contribution in [0, 0.1) is 0 Å². The number of urea groups is 1. The second-order valence-electron chi connectivity index (χ2n) is 4.64. The number of ether oxygens (including phenoxy) is 1. The monoisotopic (exact) mass is 274 g/mol. The van der Waals surface area contributed by atoms with Crippen LogP contribution in [0.5, 0.6) is 0 Å². The van der Waals surface area contributed by atoms with Crippen molar-refractivity contribution in [2.24, 2.45) is 0 Å². The van der Waals surface area contributed by atoms with Gasteiger partial charge in [0.1, 0.15) is 5.54 Å². The molecule has 2 amide bonds. The summed E-state index contributed by atoms with van der Waals surface area (Å²) in [6.07, 6.45) is 0.0732. The summed E-state index contributed by atoms with van der Waals surface area (Å²) in [5.41, 5.74) is -1.30. The number of methoxy groups -OCH3 is 1. The van der Waals surface area contributed by atoms with Crippen LogP contribution in [0.3, 0.4) is 0 Å². The summed E-state index contributed by atoms with van der Waals surface area (Å²) in [5.74, 6) is -1.50. The smallest absolute Gasteiger partial charge is 0.329 e. The summed E-state index contributed by atoms with van der Waals surface area (Å²) in [4.78, 5) is 36.9. The number of nitrogens with zero attached hydrogens (tertiary/aromatic N) is 2. The normalized spacial score (nSPS) is 10.8. The Morgan fingerprint density at radius 1 is 1.26 bits per heavy atom. The number of carboxylic acid groups (broad SMARTS) is 1. The Balaban J connectivity index is 4.76. The lowest BCUT2D eigenvalue weighted by molar-refractivity contribution is -0.148. The lowest BCUT2D eigenvalue weighted by Crippen LogP contribution is -2.56. The van der Waals surface area contributed by atoms with Gasteiger partial charge in [0.15, 0.2) is 0 Å². The van der Waals surface area contributed by atoms with Gasteiger partial charge in [-0.15, -0.1) is 0 Å². The fourth-order valence-corrected chi connectivity index (χ4v) is 1.55. The predicted octanol–water partition coefficient (Wildman–Crippen LogP) is 0.786. The van der Waals surface area contributed by atoms with Crippen LogP contribution in [0.15, 0.2) is 0 Å². The minimum Gasteiger partial charge on any atom is -0.480 e. The Bertz CT molecular complexity index is 354. The molecule has 0 aliphatic heterocycles. The first-order valence-electron chi connectivity index (χ1n) is 6.01. The SMILES string of the molecule is CCN(C(=O)N(C)CCC(=O)OC)C(C)(C)C(=O)O. The minimum absolute atomic E-state index is 0.0732. The van der Waals surface area contributed by atoms with Crippen molar-refractivity contribution in [1.29, 1.82) is 0 Å². The van der Waals surface area contributed by atoms with Crippen molar-refractivity contribution in [2.45, 2.75) is 32.7 Å². The van der Waals surface area contributed by atoms with Crippen LogP contribution in [0.1, 0.15) is 27.2 Å². The van der Waals surface area contributed by atoms with Crippen LogP contribution < -0.4 is 0 Å². The van der Waals surface area contributed by atoms with Crippen molar-refractivity contribution >= 4 is 18.0 Å². The van der Waals surface area contributed by atoms with Crippen LogP contribution in [-0.4, -0.2) is 65.7 Å². The van der Waals surface area contributed by atoms with E-state index in [4.69, 9.17) is 5.11 Å². The van der Waals surface area contributed by atoms with Gasteiger partial charge in [-0.3, -0.25) is 4.79 Å². The molecule has 0 bridgehead atoms. The maximum Gasteiger partial charge on any atom is 0.329 e. The maximum absolute atomic E-state index is 12.2. The molecule has 7 heteroatoms. The number of esters is 1. The number of carbonyl (C=O) groups is 3. The number of amides is 2. The molecule has 0 aromatic heterocycles. The van der Waals surface area contributed by atoms with Crippen molar-refractivity contribution < 1.29 is 24.2 Å². The third kappa shape index (κ3) is 4.42. The second kappa shape index (κ2) is 6.96. The van der Waals surface area contributed by atoms with Crippen molar-refractivity contribution in [3.05, 3.63) is 0 Å². The van der Waals surface area contributed by atoms with Crippen molar-refractivity contribution in [2.75, 3.05) is 27.2 Å². The molecule has 0 saturated carbocycles. The summed E-state index contributed by atoms with van der Waals surface area (Å²) in [5, 5.41) is 9.14. The van der Waals surface area contributed by atoms with Crippen LogP contribution in [-0.2, 0) is 14.3 Å². The van der Waals surface area contributed by atoms with E-state index in [0.29, 0.717) is 0 Å². The Morgan fingerprint density at radius 2 is 1.79 bits per heavy atom. The van der Waals surface area contributed by atoms with Gasteiger partial charge in [-0.2, -0.15) is 0 Å². The highest BCUT2D eigenvalue weighted by Gasteiger charge is 2.38. The number of hydrogen-bond donors (Lipinski definition) is 1. The predicted molar refractivity (Wildman–Crippen MR) is 68.8 cm³/mol. The van der Waals surface area contributed by atoms with Crippen molar-refractivity contribution in [1.82, 2.24) is 9.80 Å². The van der Waals surface area contributed by atoms with E-state index in [9.17, 15) is 14.4 Å². The zero-order chi connectivity index (χ0) is 15.2. The van der Waals surface area contributed by atoms with E-state index < -0.39 is 23.5 Å². The van der Waals surface area contributed by atoms with E-state index in [2.05, 4.69) is 4.74 Å². The molecule has 0 aliphatic carbocycles. The van der Waals surface area contributed by atoms with E-state index in [-0.39, 0.29) is 19.5 Å². The first-order valence-corrected chi connectivity index (χ1v) is 6.01. The van der Waals surface area contributed by atoms with Crippen molar-refractivity contribution in [3.63, 3.8) is 0 Å².